The van der Waals surface area contributed by atoms with Crippen molar-refractivity contribution in [1.29, 1.82) is 0 Å². The molecule has 2 heterocycles. The Bertz CT molecular complexity index is 1140. The number of para-hydroxylation sites is 2. The molecule has 0 spiro atoms. The van der Waals surface area contributed by atoms with Crippen LogP contribution in [0.25, 0.3) is 0 Å². The summed E-state index contributed by atoms with van der Waals surface area (Å²) in [4.78, 5) is 18.5. The quantitative estimate of drug-likeness (QED) is 0.733. The molecule has 9 heteroatoms. The first-order valence-corrected chi connectivity index (χ1v) is 12.7. The molecule has 33 heavy (non-hydrogen) atoms. The number of carbonyl (C=O) groups excluding carboxylic acids is 1. The molecule has 1 fully saturated rings. The van der Waals surface area contributed by atoms with Gasteiger partial charge in [0.1, 0.15) is 5.60 Å². The van der Waals surface area contributed by atoms with E-state index in [4.69, 9.17) is 4.74 Å². The lowest BCUT2D eigenvalue weighted by atomic mass is 10.2. The Hall–Kier alpha value is -2.94. The van der Waals surface area contributed by atoms with E-state index in [9.17, 15) is 13.2 Å². The molecule has 2 aromatic carbocycles. The summed E-state index contributed by atoms with van der Waals surface area (Å²) in [6.45, 7) is 8.63. The molecule has 8 nitrogen and oxygen atoms in total. The molecule has 2 aliphatic rings. The molecule has 0 saturated carbocycles. The van der Waals surface area contributed by atoms with Crippen molar-refractivity contribution in [3.63, 3.8) is 0 Å². The first kappa shape index (κ1) is 23.2. The third kappa shape index (κ3) is 5.19. The van der Waals surface area contributed by atoms with Crippen LogP contribution in [0.15, 0.2) is 47.4 Å². The zero-order valence-corrected chi connectivity index (χ0v) is 20.5. The SMILES string of the molecule is CN1CCc2cc(S(=O)(=O)Nc3ccccc3N3CCN(C(=O)OC(C)(C)C)CC3)ccc21. The molecule has 0 atom stereocenters. The van der Waals surface area contributed by atoms with Gasteiger partial charge in [0.25, 0.3) is 10.0 Å². The van der Waals surface area contributed by atoms with Crippen LogP contribution in [-0.4, -0.2) is 64.8 Å². The maximum Gasteiger partial charge on any atom is 0.410 e. The Morgan fingerprint density at radius 1 is 0.970 bits per heavy atom. The van der Waals surface area contributed by atoms with Gasteiger partial charge in [-0.05, 0) is 63.1 Å². The Kier molecular flexibility index (Phi) is 6.18. The van der Waals surface area contributed by atoms with Crippen LogP contribution in [0.2, 0.25) is 0 Å². The van der Waals surface area contributed by atoms with Crippen molar-refractivity contribution in [2.24, 2.45) is 0 Å². The zero-order valence-electron chi connectivity index (χ0n) is 19.7. The number of benzene rings is 2. The maximum atomic E-state index is 13.2. The number of carbonyl (C=O) groups is 1. The Morgan fingerprint density at radius 2 is 1.67 bits per heavy atom. The fourth-order valence-electron chi connectivity index (χ4n) is 4.21. The number of hydrogen-bond donors (Lipinski definition) is 1. The van der Waals surface area contributed by atoms with Crippen molar-refractivity contribution in [3.8, 4) is 0 Å². The monoisotopic (exact) mass is 472 g/mol. The van der Waals surface area contributed by atoms with Gasteiger partial charge in [-0.1, -0.05) is 12.1 Å². The first-order chi connectivity index (χ1) is 15.5. The van der Waals surface area contributed by atoms with Gasteiger partial charge in [-0.2, -0.15) is 0 Å². The molecular weight excluding hydrogens is 440 g/mol. The van der Waals surface area contributed by atoms with Gasteiger partial charge < -0.3 is 19.4 Å². The molecule has 4 rings (SSSR count). The summed E-state index contributed by atoms with van der Waals surface area (Å²) in [6, 6.07) is 12.7. The van der Waals surface area contributed by atoms with Crippen molar-refractivity contribution in [1.82, 2.24) is 4.90 Å². The fourth-order valence-corrected chi connectivity index (χ4v) is 5.33. The van der Waals surface area contributed by atoms with Gasteiger partial charge in [0.05, 0.1) is 16.3 Å². The number of piperazine rings is 1. The average Bonchev–Trinajstić information content (AvgIpc) is 3.13. The summed E-state index contributed by atoms with van der Waals surface area (Å²) in [5.41, 5.74) is 2.92. The smallest absolute Gasteiger partial charge is 0.410 e. The second-order valence-electron chi connectivity index (χ2n) is 9.54. The van der Waals surface area contributed by atoms with Crippen LogP contribution < -0.4 is 14.5 Å². The summed E-state index contributed by atoms with van der Waals surface area (Å²) in [7, 11) is -1.73. The van der Waals surface area contributed by atoms with Crippen molar-refractivity contribution in [2.75, 3.05) is 54.3 Å². The van der Waals surface area contributed by atoms with E-state index in [-0.39, 0.29) is 11.0 Å². The highest BCUT2D eigenvalue weighted by atomic mass is 32.2. The van der Waals surface area contributed by atoms with Crippen LogP contribution in [0, 0.1) is 0 Å². The minimum atomic E-state index is -3.74. The number of fused-ring (bicyclic) bond motifs is 1. The second-order valence-corrected chi connectivity index (χ2v) is 11.2. The third-order valence-corrected chi connectivity index (χ3v) is 7.27. The summed E-state index contributed by atoms with van der Waals surface area (Å²) in [6.07, 6.45) is 0.520. The van der Waals surface area contributed by atoms with Gasteiger partial charge in [0.2, 0.25) is 0 Å². The number of hydrogen-bond acceptors (Lipinski definition) is 6. The third-order valence-electron chi connectivity index (χ3n) is 5.91. The molecule has 0 radical (unpaired) electrons. The predicted molar refractivity (Wildman–Crippen MR) is 131 cm³/mol. The van der Waals surface area contributed by atoms with Crippen LogP contribution in [0.5, 0.6) is 0 Å². The summed E-state index contributed by atoms with van der Waals surface area (Å²) in [5, 5.41) is 0. The van der Waals surface area contributed by atoms with Crippen LogP contribution in [0.1, 0.15) is 26.3 Å². The number of anilines is 3. The highest BCUT2D eigenvalue weighted by Crippen LogP contribution is 2.32. The molecule has 1 saturated heterocycles. The topological polar surface area (TPSA) is 82.2 Å². The van der Waals surface area contributed by atoms with E-state index in [1.807, 2.05) is 52.1 Å². The molecular formula is C24H32N4O4S. The Balaban J connectivity index is 1.48. The number of rotatable bonds is 4. The summed E-state index contributed by atoms with van der Waals surface area (Å²) in [5.74, 6) is 0. The van der Waals surface area contributed by atoms with Crippen LogP contribution in [0.3, 0.4) is 0 Å². The van der Waals surface area contributed by atoms with Crippen molar-refractivity contribution in [3.05, 3.63) is 48.0 Å². The van der Waals surface area contributed by atoms with E-state index in [1.54, 1.807) is 23.1 Å². The number of likely N-dealkylation sites (N-methyl/N-ethyl adjacent to an activating group) is 1. The highest BCUT2D eigenvalue weighted by molar-refractivity contribution is 7.92. The lowest BCUT2D eigenvalue weighted by molar-refractivity contribution is 0.0240. The molecule has 0 unspecified atom stereocenters. The predicted octanol–water partition coefficient (Wildman–Crippen LogP) is 3.54. The molecule has 2 aromatic rings. The van der Waals surface area contributed by atoms with E-state index in [0.717, 1.165) is 29.9 Å². The van der Waals surface area contributed by atoms with Crippen LogP contribution >= 0.6 is 0 Å². The van der Waals surface area contributed by atoms with Crippen molar-refractivity contribution >= 4 is 33.2 Å². The van der Waals surface area contributed by atoms with Gasteiger partial charge in [-0.15, -0.1) is 0 Å². The zero-order chi connectivity index (χ0) is 23.8. The minimum absolute atomic E-state index is 0.265. The molecule has 2 aliphatic heterocycles. The maximum absolute atomic E-state index is 13.2. The summed E-state index contributed by atoms with van der Waals surface area (Å²) >= 11 is 0. The van der Waals surface area contributed by atoms with E-state index < -0.39 is 15.6 Å². The largest absolute Gasteiger partial charge is 0.444 e. The second kappa shape index (κ2) is 8.78. The van der Waals surface area contributed by atoms with Crippen LogP contribution in [0.4, 0.5) is 21.9 Å². The number of amides is 1. The van der Waals surface area contributed by atoms with E-state index in [0.29, 0.717) is 31.9 Å². The normalized spacial score (nSPS) is 16.5. The Morgan fingerprint density at radius 3 is 2.36 bits per heavy atom. The van der Waals surface area contributed by atoms with E-state index >= 15 is 0 Å². The molecule has 0 aromatic heterocycles. The van der Waals surface area contributed by atoms with E-state index in [2.05, 4.69) is 14.5 Å². The first-order valence-electron chi connectivity index (χ1n) is 11.2. The molecule has 0 aliphatic carbocycles. The van der Waals surface area contributed by atoms with Crippen molar-refractivity contribution in [2.45, 2.75) is 37.7 Å². The fraction of sp³-hybridized carbons (Fsp3) is 0.458. The molecule has 0 bridgehead atoms. The standard InChI is InChI=1S/C24H32N4O4S/c1-24(2,3)32-23(29)28-15-13-27(14-16-28)22-8-6-5-7-20(22)25-33(30,31)19-9-10-21-18(17-19)11-12-26(21)4/h5-10,17,25H,11-16H2,1-4H3. The lowest BCUT2D eigenvalue weighted by Crippen LogP contribution is -2.50. The number of sulfonamides is 1. The van der Waals surface area contributed by atoms with E-state index in [1.165, 1.54) is 0 Å². The lowest BCUT2D eigenvalue weighted by Gasteiger charge is -2.37. The van der Waals surface area contributed by atoms with Gasteiger partial charge in [-0.3, -0.25) is 4.72 Å². The van der Waals surface area contributed by atoms with Gasteiger partial charge in [0, 0.05) is 45.5 Å². The van der Waals surface area contributed by atoms with Gasteiger partial charge in [0.15, 0.2) is 0 Å². The minimum Gasteiger partial charge on any atom is -0.444 e. The molecule has 1 amide bonds. The van der Waals surface area contributed by atoms with Gasteiger partial charge in [-0.25, -0.2) is 13.2 Å². The van der Waals surface area contributed by atoms with Gasteiger partial charge >= 0.3 is 6.09 Å². The van der Waals surface area contributed by atoms with Crippen LogP contribution in [-0.2, 0) is 21.2 Å². The Labute approximate surface area is 196 Å². The highest BCUT2D eigenvalue weighted by Gasteiger charge is 2.27. The molecule has 1 N–H and O–H groups in total. The number of nitrogens with one attached hydrogen (secondary N) is 1. The average molecular weight is 473 g/mol. The summed E-state index contributed by atoms with van der Waals surface area (Å²) < 4.78 is 34.6. The number of ether oxygens (including phenoxy) is 1. The number of nitrogens with zero attached hydrogens (tertiary/aromatic N) is 3. The molecule has 178 valence electrons. The van der Waals surface area contributed by atoms with Crippen molar-refractivity contribution < 1.29 is 17.9 Å².